The number of nitrogens with zero attached hydrogens (tertiary/aromatic N) is 12. The molecule has 10 fully saturated rings. The maximum atomic E-state index is 15.0. The summed E-state index contributed by atoms with van der Waals surface area (Å²) in [6.45, 7) is 43.5. The molecule has 1 N–H and O–H groups in total. The topological polar surface area (TPSA) is 305 Å². The number of imide groups is 1. The summed E-state index contributed by atoms with van der Waals surface area (Å²) >= 11 is 5.99. The van der Waals surface area contributed by atoms with Crippen molar-refractivity contribution >= 4 is 146 Å². The molecule has 10 aliphatic heterocycles. The van der Waals surface area contributed by atoms with Gasteiger partial charge < -0.3 is 62.0 Å². The Morgan fingerprint density at radius 3 is 1.16 bits per heavy atom. The number of likely N-dealkylation sites (N-methyl/N-ethyl adjacent to an activating group) is 1. The number of thioether (sulfide) groups is 2. The van der Waals surface area contributed by atoms with Gasteiger partial charge in [-0.25, -0.2) is 28.0 Å². The summed E-state index contributed by atoms with van der Waals surface area (Å²) in [5.74, 6) is -0.553. The van der Waals surface area contributed by atoms with Crippen LogP contribution >= 0.6 is 59.2 Å². The van der Waals surface area contributed by atoms with Crippen molar-refractivity contribution in [2.24, 2.45) is 17.8 Å². The van der Waals surface area contributed by atoms with Crippen molar-refractivity contribution < 1.29 is 89.2 Å². The van der Waals surface area contributed by atoms with Gasteiger partial charge in [0.1, 0.15) is 23.5 Å². The number of thiol groups is 1. The average Bonchev–Trinajstić information content (AvgIpc) is 0.860. The lowest BCUT2D eigenvalue weighted by Gasteiger charge is -2.47. The van der Waals surface area contributed by atoms with Crippen LogP contribution in [-0.2, 0) is 89.2 Å². The predicted molar refractivity (Wildman–Crippen MR) is 487 cm³/mol. The molecule has 0 aromatic carbocycles. The van der Waals surface area contributed by atoms with Crippen LogP contribution in [0.5, 0.6) is 0 Å². The molecule has 15 atom stereocenters. The summed E-state index contributed by atoms with van der Waals surface area (Å²) in [4.78, 5) is 91.2. The molecule has 32 nitrogen and oxygen atoms in total. The Labute approximate surface area is 750 Å². The van der Waals surface area contributed by atoms with Gasteiger partial charge in [0, 0.05) is 220 Å². The number of amides is 4. The minimum Gasteiger partial charge on any atom is -0.384 e. The van der Waals surface area contributed by atoms with Crippen molar-refractivity contribution in [2.75, 3.05) is 235 Å². The molecular formula is C78H140B6N13O19P3S3. The first kappa shape index (κ1) is 107. The third-order valence-electron chi connectivity index (χ3n) is 22.4. The van der Waals surface area contributed by atoms with Gasteiger partial charge in [0.25, 0.3) is 0 Å². The molecule has 0 bridgehead atoms. The largest absolute Gasteiger partial charge is 0.384 e. The Bertz CT molecular complexity index is 3470. The van der Waals surface area contributed by atoms with Gasteiger partial charge in [-0.3, -0.25) is 62.0 Å². The fourth-order valence-corrected chi connectivity index (χ4v) is 25.2. The van der Waals surface area contributed by atoms with E-state index in [2.05, 4.69) is 95.0 Å². The molecule has 10 heterocycles. The number of hydrogen-bond acceptors (Lipinski definition) is 26. The number of carbonyl (C=O) groups is 7. The van der Waals surface area contributed by atoms with Gasteiger partial charge in [-0.15, -0.1) is 0 Å². The molecule has 10 saturated heterocycles. The van der Waals surface area contributed by atoms with E-state index in [1.54, 1.807) is 16.9 Å². The van der Waals surface area contributed by atoms with Crippen molar-refractivity contribution in [3.8, 4) is 0 Å². The van der Waals surface area contributed by atoms with E-state index in [9.17, 15) is 47.3 Å². The summed E-state index contributed by atoms with van der Waals surface area (Å²) in [6.07, 6.45) is 1.99. The molecule has 0 aromatic heterocycles. The van der Waals surface area contributed by atoms with Gasteiger partial charge in [0.15, 0.2) is 16.0 Å². The Balaban J connectivity index is 0.000000233. The number of nitrogens with one attached hydrogen (secondary N) is 1. The molecule has 10 aliphatic rings. The number of hydrogen-bond donors (Lipinski definition) is 2. The van der Waals surface area contributed by atoms with Crippen LogP contribution in [0.25, 0.3) is 0 Å². The van der Waals surface area contributed by atoms with Crippen molar-refractivity contribution in [3.05, 3.63) is 0 Å². The number of rotatable bonds is 28. The smallest absolute Gasteiger partial charge is 0.346 e. The van der Waals surface area contributed by atoms with Gasteiger partial charge in [-0.05, 0) is 108 Å². The molecule has 4 amide bonds. The van der Waals surface area contributed by atoms with Crippen LogP contribution in [0.3, 0.4) is 0 Å². The number of carbonyl (C=O) groups excluding carboxylic acids is 7. The van der Waals surface area contributed by atoms with E-state index in [-0.39, 0.29) is 178 Å². The summed E-state index contributed by atoms with van der Waals surface area (Å²) in [7, 11) is 31.1. The predicted octanol–water partition coefficient (Wildman–Crippen LogP) is 4.65. The number of piperidine rings is 3. The fraction of sp³-hybridized carbons (Fsp3) is 0.910. The average molecular weight is 1820 g/mol. The molecule has 0 aliphatic carbocycles. The third-order valence-corrected chi connectivity index (χ3v) is 32.3. The Morgan fingerprint density at radius 1 is 0.459 bits per heavy atom. The zero-order chi connectivity index (χ0) is 90.5. The lowest BCUT2D eigenvalue weighted by atomic mass is 9.77. The van der Waals surface area contributed by atoms with Crippen molar-refractivity contribution in [2.45, 2.75) is 205 Å². The number of Topliss-reactive ketones (excluding diaryl/α,β-unsaturated/α-hetero) is 1. The van der Waals surface area contributed by atoms with Crippen molar-refractivity contribution in [1.29, 1.82) is 0 Å². The van der Waals surface area contributed by atoms with E-state index in [0.29, 0.717) is 164 Å². The van der Waals surface area contributed by atoms with Crippen molar-refractivity contribution in [3.63, 3.8) is 0 Å². The molecule has 122 heavy (non-hydrogen) atoms. The Kier molecular flexibility index (Phi) is 43.4. The number of morpholine rings is 3. The molecule has 12 radical (unpaired) electrons. The minimum atomic E-state index is -3.55. The number of methoxy groups -OCH3 is 1. The van der Waals surface area contributed by atoms with Gasteiger partial charge in [-0.2, -0.15) is 12.6 Å². The highest BCUT2D eigenvalue weighted by Gasteiger charge is 2.50. The van der Waals surface area contributed by atoms with E-state index in [1.165, 1.54) is 13.8 Å². The Hall–Kier alpha value is -1.54. The minimum absolute atomic E-state index is 0.0171. The lowest BCUT2D eigenvalue weighted by molar-refractivity contribution is -0.141. The monoisotopic (exact) mass is 1820 g/mol. The third kappa shape index (κ3) is 34.9. The van der Waals surface area contributed by atoms with Gasteiger partial charge in [0.2, 0.25) is 23.6 Å². The summed E-state index contributed by atoms with van der Waals surface area (Å²) in [5.41, 5.74) is -0.623. The van der Waals surface area contributed by atoms with E-state index >= 15 is 0 Å². The number of likely N-dealkylation sites (tertiary alicyclic amines) is 1. The maximum absolute atomic E-state index is 15.0. The molecule has 15 unspecified atom stereocenters. The molecule has 0 spiro atoms. The number of piperazine rings is 3. The molecule has 10 rings (SSSR count). The second-order valence-corrected chi connectivity index (χ2v) is 47.4. The first-order chi connectivity index (χ1) is 57.0. The molecule has 0 saturated carbocycles. The highest BCUT2D eigenvalue weighted by atomic mass is 32.2. The first-order valence-electron chi connectivity index (χ1n) is 43.2. The first-order valence-corrected chi connectivity index (χ1v) is 50.4. The van der Waals surface area contributed by atoms with Gasteiger partial charge in [0.05, 0.1) is 116 Å². The molecule has 0 aromatic rings. The Morgan fingerprint density at radius 2 is 0.811 bits per heavy atom. The highest BCUT2D eigenvalue weighted by molar-refractivity contribution is 8.14. The van der Waals surface area contributed by atoms with Crippen LogP contribution < -0.4 is 5.32 Å². The van der Waals surface area contributed by atoms with Crippen LogP contribution in [0.4, 0.5) is 0 Å². The standard InChI is InChI=1S/C27H49B2N4O6PS.C23H45B2N4O4P.C19H35B2N4O5PS.C9H11NO4S/c1-20(34)41-19-25(35)30-8-10-32(11-9-30)40(36,33-13-21(12-22(28)14-33)17-37-27(5,6)7)38-18-23-15-31(26(2,3)4)16-24(29)39-23;1-22(2,3)27-14-20(33-21(25)15-27)17-32-34(30,28-9-7-26-8-10-28)29-12-18(11-19(24)13-29)16-31-23(4,5)6;1-22-10-17(30-18(21)11-22)13-29-31(27,24-5-3-23(4-6-24)19(26)14-32)25-8-15(12-28-2)7-16(20)9-25;1-6(11)15-5-7(12)4-10-8(13)2-3-9(10)14/h21-24H,8-19H2,1-7H3;18-21,26H,7-17H2,1-6H3;15-18,32H,3-14H2,1-2H3;2-5H2,1H3. The highest BCUT2D eigenvalue weighted by Crippen LogP contribution is 2.60. The molecular weight excluding hydrogens is 1680 g/mol. The quantitative estimate of drug-likeness (QED) is 0.0466. The van der Waals surface area contributed by atoms with Crippen LogP contribution in [0.15, 0.2) is 0 Å². The zero-order valence-corrected chi connectivity index (χ0v) is 80.9. The zero-order valence-electron chi connectivity index (χ0n) is 75.7. The van der Waals surface area contributed by atoms with Gasteiger partial charge >= 0.3 is 23.0 Å². The van der Waals surface area contributed by atoms with Crippen LogP contribution in [0, 0.1) is 17.8 Å². The van der Waals surface area contributed by atoms with Crippen LogP contribution in [-0.4, -0.2) is 437 Å². The summed E-state index contributed by atoms with van der Waals surface area (Å²) < 4.78 is 110. The van der Waals surface area contributed by atoms with E-state index in [1.807, 2.05) is 55.8 Å². The van der Waals surface area contributed by atoms with E-state index in [4.69, 9.17) is 89.1 Å². The van der Waals surface area contributed by atoms with Crippen LogP contribution in [0.1, 0.15) is 129 Å². The number of ketones is 1. The lowest BCUT2D eigenvalue weighted by Crippen LogP contribution is -2.56. The maximum Gasteiger partial charge on any atom is 0.346 e. The molecule has 682 valence electrons. The van der Waals surface area contributed by atoms with E-state index in [0.717, 1.165) is 60.8 Å². The molecule has 44 heteroatoms. The van der Waals surface area contributed by atoms with Crippen LogP contribution in [0.2, 0.25) is 17.5 Å². The second-order valence-electron chi connectivity index (χ2n) is 37.6. The van der Waals surface area contributed by atoms with E-state index < -0.39 is 35.0 Å². The fourth-order valence-electron chi connectivity index (χ4n) is 16.2. The second kappa shape index (κ2) is 49.3. The normalized spacial score (nSPS) is 29.7. The number of ether oxygens (including phenoxy) is 6. The summed E-state index contributed by atoms with van der Waals surface area (Å²) in [6, 6.07) is -1.24. The SMILES string of the molecule is CC(=O)SCC(=O)CN1C(=O)CCC1=O.[B]C1CC(COC(C)(C)C)CN(P(=O)(OCC2CN(C(C)(C)C)CC([B])O2)N2CCN(C(=O)CSC(C)=O)CC2)C1.[B]C1CC(COC(C)(C)C)CN(P(=O)(OCC2CN(C(C)(C)C)CC([B])O2)N2CCNCC2)C1.[B]C1CC(COC)CN(P(=O)(OCC2CN(C)CC([B])O2)N2CCN(C(=O)CS)CC2)C1. The van der Waals surface area contributed by atoms with Crippen molar-refractivity contribution in [1.82, 2.24) is 62.7 Å². The summed E-state index contributed by atoms with van der Waals surface area (Å²) in [5, 5.41) is 3.11. The van der Waals surface area contributed by atoms with Gasteiger partial charge in [-0.1, -0.05) is 60.2 Å².